The van der Waals surface area contributed by atoms with Crippen LogP contribution >= 0.6 is 0 Å². The number of phenolic OH excluding ortho intramolecular Hbond substituents is 3. The number of anilines is 3. The highest BCUT2D eigenvalue weighted by atomic mass is 16.5. The fourth-order valence-electron chi connectivity index (χ4n) is 3.52. The lowest BCUT2D eigenvalue weighted by atomic mass is 10.1. The van der Waals surface area contributed by atoms with Crippen molar-refractivity contribution in [2.75, 3.05) is 4.90 Å². The van der Waals surface area contributed by atoms with E-state index >= 15 is 0 Å². The normalized spacial score (nSPS) is 10.7. The maximum absolute atomic E-state index is 10.0. The number of aryl methyl sites for hydroxylation is 3. The van der Waals surface area contributed by atoms with Crippen molar-refractivity contribution < 1.29 is 20.1 Å². The number of aromatic hydroxyl groups is 3. The van der Waals surface area contributed by atoms with Gasteiger partial charge in [0.15, 0.2) is 0 Å². The summed E-state index contributed by atoms with van der Waals surface area (Å²) < 4.78 is 6.07. The maximum atomic E-state index is 10.0. The van der Waals surface area contributed by atoms with Gasteiger partial charge in [0.25, 0.3) is 0 Å². The van der Waals surface area contributed by atoms with Crippen LogP contribution in [0.25, 0.3) is 0 Å². The van der Waals surface area contributed by atoms with Crippen LogP contribution in [0.1, 0.15) is 16.7 Å². The summed E-state index contributed by atoms with van der Waals surface area (Å²) in [4.78, 5) is 2.03. The van der Waals surface area contributed by atoms with Crippen LogP contribution in [0.15, 0.2) is 78.9 Å². The molecule has 5 nitrogen and oxygen atoms in total. The summed E-state index contributed by atoms with van der Waals surface area (Å²) in [6.45, 7) is 5.62. The van der Waals surface area contributed by atoms with Gasteiger partial charge in [-0.25, -0.2) is 0 Å². The molecule has 0 unspecified atom stereocenters. The van der Waals surface area contributed by atoms with Crippen LogP contribution in [0.4, 0.5) is 17.1 Å². The molecule has 0 saturated carbocycles. The molecule has 162 valence electrons. The zero-order valence-corrected chi connectivity index (χ0v) is 18.2. The Kier molecular flexibility index (Phi) is 5.65. The van der Waals surface area contributed by atoms with Crippen molar-refractivity contribution in [3.05, 3.63) is 95.6 Å². The number of phenols is 3. The molecule has 0 radical (unpaired) electrons. The quantitative estimate of drug-likeness (QED) is 0.320. The van der Waals surface area contributed by atoms with Crippen LogP contribution in [0.2, 0.25) is 0 Å². The predicted molar refractivity (Wildman–Crippen MR) is 127 cm³/mol. The summed E-state index contributed by atoms with van der Waals surface area (Å²) in [5, 5.41) is 29.8. The van der Waals surface area contributed by atoms with Crippen molar-refractivity contribution in [1.29, 1.82) is 0 Å². The fourth-order valence-corrected chi connectivity index (χ4v) is 3.52. The molecule has 3 N–H and O–H groups in total. The Morgan fingerprint density at radius 2 is 1.19 bits per heavy atom. The minimum Gasteiger partial charge on any atom is -0.508 e. The van der Waals surface area contributed by atoms with E-state index < -0.39 is 0 Å². The molecular formula is C27H25NO4. The monoisotopic (exact) mass is 427 g/mol. The van der Waals surface area contributed by atoms with Crippen LogP contribution in [-0.4, -0.2) is 15.3 Å². The number of ether oxygens (including phenoxy) is 1. The fraction of sp³-hybridized carbons (Fsp3) is 0.111. The van der Waals surface area contributed by atoms with Crippen LogP contribution in [0.3, 0.4) is 0 Å². The average molecular weight is 428 g/mol. The molecule has 0 aliphatic heterocycles. The van der Waals surface area contributed by atoms with Crippen molar-refractivity contribution in [1.82, 2.24) is 0 Å². The Balaban J connectivity index is 1.80. The first-order valence-corrected chi connectivity index (χ1v) is 10.3. The summed E-state index contributed by atoms with van der Waals surface area (Å²) in [5.41, 5.74) is 4.98. The van der Waals surface area contributed by atoms with Crippen molar-refractivity contribution >= 4 is 17.1 Å². The second-order valence-corrected chi connectivity index (χ2v) is 7.83. The van der Waals surface area contributed by atoms with Gasteiger partial charge in [0.2, 0.25) is 0 Å². The average Bonchev–Trinajstić information content (AvgIpc) is 2.76. The summed E-state index contributed by atoms with van der Waals surface area (Å²) in [6.07, 6.45) is 0. The van der Waals surface area contributed by atoms with Gasteiger partial charge in [-0.05, 0) is 92.1 Å². The van der Waals surface area contributed by atoms with Crippen LogP contribution < -0.4 is 9.64 Å². The predicted octanol–water partition coefficient (Wildman–Crippen LogP) is 6.99. The smallest absolute Gasteiger partial charge is 0.134 e. The van der Waals surface area contributed by atoms with Gasteiger partial charge in [0.05, 0.1) is 0 Å². The minimum absolute atomic E-state index is 0.141. The van der Waals surface area contributed by atoms with E-state index in [0.717, 1.165) is 33.8 Å². The number of nitrogens with zero attached hydrogens (tertiary/aromatic N) is 1. The highest BCUT2D eigenvalue weighted by Crippen LogP contribution is 2.40. The van der Waals surface area contributed by atoms with E-state index in [-0.39, 0.29) is 17.2 Å². The lowest BCUT2D eigenvalue weighted by molar-refractivity contribution is 0.453. The van der Waals surface area contributed by atoms with Crippen LogP contribution in [-0.2, 0) is 0 Å². The molecular weight excluding hydrogens is 402 g/mol. The zero-order chi connectivity index (χ0) is 22.8. The molecule has 0 bridgehead atoms. The van der Waals surface area contributed by atoms with Crippen molar-refractivity contribution in [2.24, 2.45) is 0 Å². The molecule has 4 aromatic carbocycles. The topological polar surface area (TPSA) is 73.2 Å². The number of benzene rings is 4. The third-order valence-electron chi connectivity index (χ3n) is 5.35. The third-order valence-corrected chi connectivity index (χ3v) is 5.35. The number of hydrogen-bond donors (Lipinski definition) is 3. The molecule has 0 aromatic heterocycles. The van der Waals surface area contributed by atoms with Crippen molar-refractivity contribution in [3.63, 3.8) is 0 Å². The first kappa shape index (κ1) is 21.1. The van der Waals surface area contributed by atoms with E-state index in [2.05, 4.69) is 0 Å². The summed E-state index contributed by atoms with van der Waals surface area (Å²) in [6, 6.07) is 23.5. The van der Waals surface area contributed by atoms with E-state index in [1.807, 2.05) is 74.2 Å². The molecule has 5 heteroatoms. The second-order valence-electron chi connectivity index (χ2n) is 7.83. The van der Waals surface area contributed by atoms with Gasteiger partial charge in [-0.15, -0.1) is 0 Å². The van der Waals surface area contributed by atoms with E-state index in [1.54, 1.807) is 30.3 Å². The molecule has 0 atom stereocenters. The van der Waals surface area contributed by atoms with Gasteiger partial charge in [-0.2, -0.15) is 0 Å². The minimum atomic E-state index is 0.141. The van der Waals surface area contributed by atoms with Crippen LogP contribution in [0.5, 0.6) is 28.7 Å². The van der Waals surface area contributed by atoms with Crippen molar-refractivity contribution in [3.8, 4) is 28.7 Å². The first-order valence-electron chi connectivity index (χ1n) is 10.3. The van der Waals surface area contributed by atoms with E-state index in [1.165, 1.54) is 0 Å². The molecule has 0 aliphatic rings. The lowest BCUT2D eigenvalue weighted by Gasteiger charge is -2.27. The van der Waals surface area contributed by atoms with Crippen LogP contribution in [0, 0.1) is 20.8 Å². The van der Waals surface area contributed by atoms with Gasteiger partial charge in [0.1, 0.15) is 28.7 Å². The summed E-state index contributed by atoms with van der Waals surface area (Å²) >= 11 is 0. The Labute approximate surface area is 187 Å². The van der Waals surface area contributed by atoms with Gasteiger partial charge < -0.3 is 25.0 Å². The Morgan fingerprint density at radius 3 is 1.78 bits per heavy atom. The molecule has 0 spiro atoms. The Bertz CT molecular complexity index is 1230. The molecule has 0 saturated heterocycles. The molecule has 32 heavy (non-hydrogen) atoms. The summed E-state index contributed by atoms with van der Waals surface area (Å²) in [7, 11) is 0. The van der Waals surface area contributed by atoms with Gasteiger partial charge >= 0.3 is 0 Å². The highest BCUT2D eigenvalue weighted by molar-refractivity contribution is 5.78. The summed E-state index contributed by atoms with van der Waals surface area (Å²) in [5.74, 6) is 1.79. The lowest BCUT2D eigenvalue weighted by Crippen LogP contribution is -2.10. The molecule has 0 aliphatic carbocycles. The number of rotatable bonds is 5. The highest BCUT2D eigenvalue weighted by Gasteiger charge is 2.16. The number of hydrogen-bond acceptors (Lipinski definition) is 5. The van der Waals surface area contributed by atoms with Crippen molar-refractivity contribution in [2.45, 2.75) is 20.8 Å². The van der Waals surface area contributed by atoms with Gasteiger partial charge in [0, 0.05) is 29.2 Å². The second kappa shape index (κ2) is 8.55. The van der Waals surface area contributed by atoms with E-state index in [9.17, 15) is 15.3 Å². The molecule has 4 aromatic rings. The van der Waals surface area contributed by atoms with Gasteiger partial charge in [-0.3, -0.25) is 0 Å². The van der Waals surface area contributed by atoms with E-state index in [0.29, 0.717) is 11.5 Å². The van der Waals surface area contributed by atoms with E-state index in [4.69, 9.17) is 4.74 Å². The molecule has 4 rings (SSSR count). The maximum Gasteiger partial charge on any atom is 0.134 e. The molecule has 0 amide bonds. The molecule has 0 heterocycles. The largest absolute Gasteiger partial charge is 0.508 e. The standard InChI is InChI=1S/C27H25NO4/c1-17-7-10-23(29)16-27(17)32-24-6-4-5-20(15-24)28(21-8-11-25(30)18(2)13-21)22-9-12-26(31)19(3)14-22/h4-16,29-31H,1-3H3. The first-order chi connectivity index (χ1) is 15.3. The Morgan fingerprint density at radius 1 is 0.594 bits per heavy atom. The van der Waals surface area contributed by atoms with Gasteiger partial charge in [-0.1, -0.05) is 12.1 Å². The third kappa shape index (κ3) is 4.32. The molecule has 0 fully saturated rings. The Hall–Kier alpha value is -4.12. The zero-order valence-electron chi connectivity index (χ0n) is 18.2. The SMILES string of the molecule is Cc1cc(N(c2cccc(Oc3cc(O)ccc3C)c2)c2ccc(O)c(C)c2)ccc1O.